The summed E-state index contributed by atoms with van der Waals surface area (Å²) in [5.74, 6) is 0.565. The average molecular weight is 196 g/mol. The van der Waals surface area contributed by atoms with Crippen molar-refractivity contribution >= 4 is 5.97 Å². The summed E-state index contributed by atoms with van der Waals surface area (Å²) in [6.45, 7) is 5.73. The maximum Gasteiger partial charge on any atom is 0.308 e. The molecule has 2 nitrogen and oxygen atoms in total. The largest absolute Gasteiger partial charge is 0.463 e. The molecule has 2 atom stereocenters. The Labute approximate surface area is 86.3 Å². The standard InChI is InChI=1S/C12H20O2/c1-9(2)14-12(13)10(3)8-11-6-4-5-7-11/h4,6,9-11H,5,7-8H2,1-3H3. The molecular weight excluding hydrogens is 176 g/mol. The molecule has 1 aliphatic rings. The Morgan fingerprint density at radius 3 is 2.71 bits per heavy atom. The zero-order valence-corrected chi connectivity index (χ0v) is 9.32. The van der Waals surface area contributed by atoms with Crippen molar-refractivity contribution in [2.24, 2.45) is 11.8 Å². The van der Waals surface area contributed by atoms with Crippen LogP contribution in [-0.4, -0.2) is 12.1 Å². The highest BCUT2D eigenvalue weighted by Crippen LogP contribution is 2.24. The first-order chi connectivity index (χ1) is 6.59. The van der Waals surface area contributed by atoms with Gasteiger partial charge in [-0.05, 0) is 39.0 Å². The van der Waals surface area contributed by atoms with Crippen LogP contribution in [0, 0.1) is 11.8 Å². The fourth-order valence-corrected chi connectivity index (χ4v) is 1.79. The monoisotopic (exact) mass is 196 g/mol. The minimum absolute atomic E-state index is 0.00377. The summed E-state index contributed by atoms with van der Waals surface area (Å²) in [5, 5.41) is 0. The maximum absolute atomic E-state index is 11.5. The van der Waals surface area contributed by atoms with Crippen molar-refractivity contribution in [1.82, 2.24) is 0 Å². The lowest BCUT2D eigenvalue weighted by Crippen LogP contribution is -2.20. The molecule has 0 fully saturated rings. The normalized spacial score (nSPS) is 22.7. The molecule has 1 rings (SSSR count). The zero-order chi connectivity index (χ0) is 10.6. The molecule has 0 aromatic heterocycles. The van der Waals surface area contributed by atoms with Crippen LogP contribution in [0.5, 0.6) is 0 Å². The van der Waals surface area contributed by atoms with Gasteiger partial charge in [-0.15, -0.1) is 0 Å². The van der Waals surface area contributed by atoms with E-state index in [0.29, 0.717) is 5.92 Å². The highest BCUT2D eigenvalue weighted by Gasteiger charge is 2.20. The van der Waals surface area contributed by atoms with Gasteiger partial charge in [0.15, 0.2) is 0 Å². The lowest BCUT2D eigenvalue weighted by molar-refractivity contribution is -0.152. The molecule has 0 heterocycles. The fraction of sp³-hybridized carbons (Fsp3) is 0.750. The van der Waals surface area contributed by atoms with Gasteiger partial charge in [0.25, 0.3) is 0 Å². The van der Waals surface area contributed by atoms with Crippen LogP contribution in [0.4, 0.5) is 0 Å². The molecule has 0 aromatic rings. The quantitative estimate of drug-likeness (QED) is 0.510. The summed E-state index contributed by atoms with van der Waals surface area (Å²) < 4.78 is 5.16. The number of hydrogen-bond donors (Lipinski definition) is 0. The van der Waals surface area contributed by atoms with Gasteiger partial charge in [0.1, 0.15) is 0 Å². The van der Waals surface area contributed by atoms with Crippen molar-refractivity contribution < 1.29 is 9.53 Å². The van der Waals surface area contributed by atoms with Gasteiger partial charge in [-0.3, -0.25) is 4.79 Å². The minimum Gasteiger partial charge on any atom is -0.463 e. The Morgan fingerprint density at radius 1 is 1.50 bits per heavy atom. The van der Waals surface area contributed by atoms with Crippen molar-refractivity contribution in [2.75, 3.05) is 0 Å². The van der Waals surface area contributed by atoms with Crippen LogP contribution in [0.2, 0.25) is 0 Å². The SMILES string of the molecule is CC(C)OC(=O)C(C)CC1C=CCC1. The van der Waals surface area contributed by atoms with E-state index in [1.165, 1.54) is 6.42 Å². The predicted octanol–water partition coefficient (Wildman–Crippen LogP) is 2.93. The van der Waals surface area contributed by atoms with E-state index in [9.17, 15) is 4.79 Å². The molecule has 0 N–H and O–H groups in total. The molecular formula is C12H20O2. The first-order valence-electron chi connectivity index (χ1n) is 5.46. The number of carbonyl (C=O) groups excluding carboxylic acids is 1. The van der Waals surface area contributed by atoms with E-state index in [-0.39, 0.29) is 18.0 Å². The lowest BCUT2D eigenvalue weighted by Gasteiger charge is -2.16. The van der Waals surface area contributed by atoms with Crippen LogP contribution in [0.1, 0.15) is 40.0 Å². The Balaban J connectivity index is 2.29. The highest BCUT2D eigenvalue weighted by atomic mass is 16.5. The number of esters is 1. The molecule has 80 valence electrons. The summed E-state index contributed by atoms with van der Waals surface area (Å²) in [7, 11) is 0. The molecule has 0 saturated heterocycles. The smallest absolute Gasteiger partial charge is 0.308 e. The summed E-state index contributed by atoms with van der Waals surface area (Å²) >= 11 is 0. The average Bonchev–Trinajstić information content (AvgIpc) is 2.55. The van der Waals surface area contributed by atoms with Gasteiger partial charge in [0.05, 0.1) is 12.0 Å². The van der Waals surface area contributed by atoms with E-state index in [1.807, 2.05) is 20.8 Å². The molecule has 0 saturated carbocycles. The Morgan fingerprint density at radius 2 is 2.21 bits per heavy atom. The van der Waals surface area contributed by atoms with Crippen LogP contribution in [0.15, 0.2) is 12.2 Å². The van der Waals surface area contributed by atoms with Gasteiger partial charge < -0.3 is 4.74 Å². The van der Waals surface area contributed by atoms with Crippen LogP contribution in [-0.2, 0) is 9.53 Å². The molecule has 0 bridgehead atoms. The van der Waals surface area contributed by atoms with Gasteiger partial charge in [-0.1, -0.05) is 19.1 Å². The van der Waals surface area contributed by atoms with Gasteiger partial charge in [-0.2, -0.15) is 0 Å². The topological polar surface area (TPSA) is 26.3 Å². The van der Waals surface area contributed by atoms with Crippen LogP contribution < -0.4 is 0 Å². The lowest BCUT2D eigenvalue weighted by atomic mass is 9.95. The van der Waals surface area contributed by atoms with E-state index in [1.54, 1.807) is 0 Å². The Hall–Kier alpha value is -0.790. The maximum atomic E-state index is 11.5. The number of carbonyl (C=O) groups is 1. The third-order valence-electron chi connectivity index (χ3n) is 2.52. The molecule has 0 amide bonds. The van der Waals surface area contributed by atoms with Crippen molar-refractivity contribution in [1.29, 1.82) is 0 Å². The predicted molar refractivity (Wildman–Crippen MR) is 56.9 cm³/mol. The van der Waals surface area contributed by atoms with Gasteiger partial charge >= 0.3 is 5.97 Å². The molecule has 0 spiro atoms. The summed E-state index contributed by atoms with van der Waals surface area (Å²) in [4.78, 5) is 11.5. The van der Waals surface area contributed by atoms with E-state index in [4.69, 9.17) is 4.74 Å². The molecule has 0 radical (unpaired) electrons. The third kappa shape index (κ3) is 3.52. The molecule has 2 heteroatoms. The molecule has 0 aromatic carbocycles. The second-order valence-corrected chi connectivity index (χ2v) is 4.39. The number of allylic oxidation sites excluding steroid dienone is 2. The number of hydrogen-bond acceptors (Lipinski definition) is 2. The highest BCUT2D eigenvalue weighted by molar-refractivity contribution is 5.72. The van der Waals surface area contributed by atoms with Crippen molar-refractivity contribution in [2.45, 2.75) is 46.1 Å². The minimum atomic E-state index is -0.0553. The van der Waals surface area contributed by atoms with E-state index in [0.717, 1.165) is 12.8 Å². The first-order valence-corrected chi connectivity index (χ1v) is 5.46. The Kier molecular flexibility index (Phi) is 4.18. The van der Waals surface area contributed by atoms with Crippen LogP contribution >= 0.6 is 0 Å². The summed E-state index contributed by atoms with van der Waals surface area (Å²) in [6, 6.07) is 0. The third-order valence-corrected chi connectivity index (χ3v) is 2.52. The molecule has 1 aliphatic carbocycles. The van der Waals surface area contributed by atoms with E-state index in [2.05, 4.69) is 12.2 Å². The summed E-state index contributed by atoms with van der Waals surface area (Å²) in [5.41, 5.74) is 0. The fourth-order valence-electron chi connectivity index (χ4n) is 1.79. The number of ether oxygens (including phenoxy) is 1. The Bertz CT molecular complexity index is 218. The van der Waals surface area contributed by atoms with Crippen molar-refractivity contribution in [3.63, 3.8) is 0 Å². The molecule has 14 heavy (non-hydrogen) atoms. The van der Waals surface area contributed by atoms with Gasteiger partial charge in [0.2, 0.25) is 0 Å². The van der Waals surface area contributed by atoms with Crippen LogP contribution in [0.3, 0.4) is 0 Å². The van der Waals surface area contributed by atoms with Crippen molar-refractivity contribution in [3.8, 4) is 0 Å². The van der Waals surface area contributed by atoms with E-state index >= 15 is 0 Å². The second-order valence-electron chi connectivity index (χ2n) is 4.39. The summed E-state index contributed by atoms with van der Waals surface area (Å²) in [6.07, 6.45) is 7.71. The zero-order valence-electron chi connectivity index (χ0n) is 9.32. The van der Waals surface area contributed by atoms with E-state index < -0.39 is 0 Å². The molecule has 2 unspecified atom stereocenters. The first kappa shape index (κ1) is 11.3. The molecule has 0 aliphatic heterocycles. The van der Waals surface area contributed by atoms with Crippen LogP contribution in [0.25, 0.3) is 0 Å². The van der Waals surface area contributed by atoms with Gasteiger partial charge in [0, 0.05) is 0 Å². The second kappa shape index (κ2) is 5.18. The number of rotatable bonds is 4. The van der Waals surface area contributed by atoms with Crippen molar-refractivity contribution in [3.05, 3.63) is 12.2 Å². The van der Waals surface area contributed by atoms with Gasteiger partial charge in [-0.25, -0.2) is 0 Å².